The number of ether oxygens (including phenoxy) is 1. The van der Waals surface area contributed by atoms with E-state index in [4.69, 9.17) is 9.15 Å². The lowest BCUT2D eigenvalue weighted by atomic mass is 10.2. The van der Waals surface area contributed by atoms with Crippen LogP contribution in [0, 0.1) is 17.8 Å². The Kier molecular flexibility index (Phi) is 4.82. The van der Waals surface area contributed by atoms with Gasteiger partial charge in [0.1, 0.15) is 22.9 Å². The van der Waals surface area contributed by atoms with Crippen LogP contribution in [0.3, 0.4) is 0 Å². The summed E-state index contributed by atoms with van der Waals surface area (Å²) in [6, 6.07) is 10.6. The molecule has 0 aliphatic rings. The molecule has 0 aliphatic carbocycles. The molecule has 0 spiro atoms. The molecule has 0 bridgehead atoms. The lowest BCUT2D eigenvalue weighted by molar-refractivity contribution is 0.415. The molecule has 0 atom stereocenters. The van der Waals surface area contributed by atoms with Crippen molar-refractivity contribution in [2.75, 3.05) is 12.4 Å². The van der Waals surface area contributed by atoms with E-state index in [0.717, 1.165) is 16.7 Å². The topological polar surface area (TPSA) is 47.3 Å². The molecule has 0 aliphatic heterocycles. The standard InChI is InChI=1S/C20H15FN2O2/c1-3-22-19-11-8-14(20(21)23-19)6-4-5-7-17-13-15-12-16(24-2)9-10-18(15)25-17/h3,5,7-13H,1H2,2H3,(H,22,23)/b7-5+. The van der Waals surface area contributed by atoms with Gasteiger partial charge in [0.25, 0.3) is 0 Å². The third-order valence-corrected chi connectivity index (χ3v) is 3.38. The zero-order valence-electron chi connectivity index (χ0n) is 13.5. The van der Waals surface area contributed by atoms with Crippen LogP contribution in [0.15, 0.2) is 59.7 Å². The molecule has 1 N–H and O–H groups in total. The van der Waals surface area contributed by atoms with Crippen molar-refractivity contribution >= 4 is 22.9 Å². The smallest absolute Gasteiger partial charge is 0.230 e. The molecule has 124 valence electrons. The molecule has 4 nitrogen and oxygen atoms in total. The van der Waals surface area contributed by atoms with E-state index >= 15 is 0 Å². The van der Waals surface area contributed by atoms with Crippen LogP contribution in [0.4, 0.5) is 10.2 Å². The van der Waals surface area contributed by atoms with Crippen molar-refractivity contribution in [3.05, 3.63) is 72.5 Å². The number of benzene rings is 1. The molecular formula is C20H15FN2O2. The number of halogens is 1. The quantitative estimate of drug-likeness (QED) is 0.560. The third kappa shape index (κ3) is 3.88. The van der Waals surface area contributed by atoms with Crippen LogP contribution in [-0.4, -0.2) is 12.1 Å². The van der Waals surface area contributed by atoms with E-state index in [1.807, 2.05) is 24.3 Å². The maximum atomic E-state index is 13.8. The monoisotopic (exact) mass is 334 g/mol. The lowest BCUT2D eigenvalue weighted by Crippen LogP contribution is -1.95. The number of aromatic nitrogens is 1. The molecule has 2 heterocycles. The third-order valence-electron chi connectivity index (χ3n) is 3.38. The van der Waals surface area contributed by atoms with E-state index < -0.39 is 5.95 Å². The van der Waals surface area contributed by atoms with Gasteiger partial charge in [-0.15, -0.1) is 0 Å². The average Bonchev–Trinajstić information content (AvgIpc) is 3.02. The Labute approximate surface area is 144 Å². The van der Waals surface area contributed by atoms with E-state index in [1.54, 1.807) is 31.4 Å². The Morgan fingerprint density at radius 2 is 2.16 bits per heavy atom. The molecule has 0 saturated carbocycles. The van der Waals surface area contributed by atoms with Crippen molar-refractivity contribution in [3.8, 4) is 17.6 Å². The van der Waals surface area contributed by atoms with Gasteiger partial charge in [0.15, 0.2) is 0 Å². The summed E-state index contributed by atoms with van der Waals surface area (Å²) < 4.78 is 24.6. The van der Waals surface area contributed by atoms with Gasteiger partial charge in [-0.3, -0.25) is 0 Å². The van der Waals surface area contributed by atoms with Gasteiger partial charge in [-0.25, -0.2) is 4.98 Å². The van der Waals surface area contributed by atoms with Crippen LogP contribution < -0.4 is 10.1 Å². The number of hydrogen-bond acceptors (Lipinski definition) is 4. The van der Waals surface area contributed by atoms with Crippen molar-refractivity contribution in [2.24, 2.45) is 0 Å². The van der Waals surface area contributed by atoms with Gasteiger partial charge in [0.2, 0.25) is 5.95 Å². The first-order valence-corrected chi connectivity index (χ1v) is 7.49. The van der Waals surface area contributed by atoms with Gasteiger partial charge < -0.3 is 14.5 Å². The zero-order chi connectivity index (χ0) is 17.6. The van der Waals surface area contributed by atoms with Crippen molar-refractivity contribution in [1.29, 1.82) is 0 Å². The summed E-state index contributed by atoms with van der Waals surface area (Å²) in [6.07, 6.45) is 4.75. The lowest BCUT2D eigenvalue weighted by Gasteiger charge is -1.99. The Morgan fingerprint density at radius 1 is 1.28 bits per heavy atom. The second-order valence-electron chi connectivity index (χ2n) is 5.04. The Balaban J connectivity index is 1.75. The molecule has 0 unspecified atom stereocenters. The largest absolute Gasteiger partial charge is 0.497 e. The van der Waals surface area contributed by atoms with E-state index in [0.29, 0.717) is 11.6 Å². The minimum Gasteiger partial charge on any atom is -0.497 e. The number of allylic oxidation sites excluding steroid dienone is 1. The van der Waals surface area contributed by atoms with E-state index in [9.17, 15) is 4.39 Å². The summed E-state index contributed by atoms with van der Waals surface area (Å²) in [5.74, 6) is 6.65. The van der Waals surface area contributed by atoms with E-state index in [-0.39, 0.29) is 5.56 Å². The number of nitrogens with one attached hydrogen (secondary N) is 1. The highest BCUT2D eigenvalue weighted by Gasteiger charge is 2.03. The Hall–Kier alpha value is -3.52. The summed E-state index contributed by atoms with van der Waals surface area (Å²) in [5.41, 5.74) is 0.975. The fourth-order valence-corrected chi connectivity index (χ4v) is 2.21. The fourth-order valence-electron chi connectivity index (χ4n) is 2.21. The van der Waals surface area contributed by atoms with Crippen LogP contribution in [0.5, 0.6) is 5.75 Å². The van der Waals surface area contributed by atoms with Crippen LogP contribution in [0.2, 0.25) is 0 Å². The average molecular weight is 334 g/mol. The summed E-state index contributed by atoms with van der Waals surface area (Å²) in [6.45, 7) is 3.50. The number of methoxy groups -OCH3 is 1. The Morgan fingerprint density at radius 3 is 2.92 bits per heavy atom. The maximum Gasteiger partial charge on any atom is 0.230 e. The molecule has 0 fully saturated rings. The molecule has 3 rings (SSSR count). The minimum absolute atomic E-state index is 0.216. The maximum absolute atomic E-state index is 13.8. The molecule has 0 radical (unpaired) electrons. The predicted molar refractivity (Wildman–Crippen MR) is 96.7 cm³/mol. The number of fused-ring (bicyclic) bond motifs is 1. The number of rotatable bonds is 4. The first kappa shape index (κ1) is 16.3. The predicted octanol–water partition coefficient (Wildman–Crippen LogP) is 4.60. The molecule has 1 aromatic carbocycles. The first-order valence-electron chi connectivity index (χ1n) is 7.49. The SMILES string of the molecule is C=CNc1ccc(C#C/C=C/c2cc3cc(OC)ccc3o2)c(F)n1. The zero-order valence-corrected chi connectivity index (χ0v) is 13.5. The molecule has 2 aromatic heterocycles. The molecule has 0 saturated heterocycles. The summed E-state index contributed by atoms with van der Waals surface area (Å²) in [5, 5.41) is 3.65. The number of anilines is 1. The number of pyridine rings is 1. The number of furan rings is 1. The van der Waals surface area contributed by atoms with Crippen molar-refractivity contribution in [2.45, 2.75) is 0 Å². The fraction of sp³-hybridized carbons (Fsp3) is 0.0500. The number of nitrogens with zero attached hydrogens (tertiary/aromatic N) is 1. The molecule has 0 amide bonds. The normalized spacial score (nSPS) is 10.5. The summed E-state index contributed by atoms with van der Waals surface area (Å²) in [4.78, 5) is 3.74. The van der Waals surface area contributed by atoms with Gasteiger partial charge >= 0.3 is 0 Å². The summed E-state index contributed by atoms with van der Waals surface area (Å²) >= 11 is 0. The van der Waals surface area contributed by atoms with Crippen LogP contribution >= 0.6 is 0 Å². The van der Waals surface area contributed by atoms with Gasteiger partial charge in [-0.1, -0.05) is 18.4 Å². The van der Waals surface area contributed by atoms with E-state index in [1.165, 1.54) is 6.20 Å². The van der Waals surface area contributed by atoms with Gasteiger partial charge in [-0.05, 0) is 54.8 Å². The molecular weight excluding hydrogens is 319 g/mol. The second-order valence-corrected chi connectivity index (χ2v) is 5.04. The van der Waals surface area contributed by atoms with Gasteiger partial charge in [-0.2, -0.15) is 4.39 Å². The highest BCUT2D eigenvalue weighted by atomic mass is 19.1. The van der Waals surface area contributed by atoms with Gasteiger partial charge in [0, 0.05) is 5.39 Å². The van der Waals surface area contributed by atoms with Crippen molar-refractivity contribution in [3.63, 3.8) is 0 Å². The molecule has 3 aromatic rings. The highest BCUT2D eigenvalue weighted by molar-refractivity contribution is 5.81. The summed E-state index contributed by atoms with van der Waals surface area (Å²) in [7, 11) is 1.62. The highest BCUT2D eigenvalue weighted by Crippen LogP contribution is 2.24. The van der Waals surface area contributed by atoms with E-state index in [2.05, 4.69) is 28.7 Å². The van der Waals surface area contributed by atoms with Crippen molar-refractivity contribution < 1.29 is 13.5 Å². The Bertz CT molecular complexity index is 1010. The minimum atomic E-state index is -0.636. The molecule has 25 heavy (non-hydrogen) atoms. The van der Waals surface area contributed by atoms with Crippen LogP contribution in [0.25, 0.3) is 17.0 Å². The van der Waals surface area contributed by atoms with Gasteiger partial charge in [0.05, 0.1) is 12.7 Å². The second kappa shape index (κ2) is 7.37. The first-order chi connectivity index (χ1) is 12.2. The molecule has 5 heteroatoms. The van der Waals surface area contributed by atoms with Crippen LogP contribution in [-0.2, 0) is 0 Å². The number of hydrogen-bond donors (Lipinski definition) is 1. The van der Waals surface area contributed by atoms with Crippen LogP contribution in [0.1, 0.15) is 11.3 Å². The van der Waals surface area contributed by atoms with Crippen molar-refractivity contribution in [1.82, 2.24) is 4.98 Å².